The van der Waals surface area contributed by atoms with E-state index >= 15 is 0 Å². The highest BCUT2D eigenvalue weighted by Crippen LogP contribution is 2.39. The predicted molar refractivity (Wildman–Crippen MR) is 96.5 cm³/mol. The largest absolute Gasteiger partial charge is 0.466 e. The molecule has 1 aliphatic rings. The van der Waals surface area contributed by atoms with E-state index in [1.807, 2.05) is 17.5 Å². The third-order valence-corrected chi connectivity index (χ3v) is 5.62. The number of hydrogen-bond acceptors (Lipinski definition) is 5. The Bertz CT molecular complexity index is 818. The maximum absolute atomic E-state index is 12.1. The van der Waals surface area contributed by atoms with E-state index in [9.17, 15) is 9.59 Å². The number of hydrogen-bond donors (Lipinski definition) is 1. The lowest BCUT2D eigenvalue weighted by Gasteiger charge is -2.43. The second kappa shape index (κ2) is 7.55. The summed E-state index contributed by atoms with van der Waals surface area (Å²) in [5, 5.41) is 2.61. The van der Waals surface area contributed by atoms with Crippen molar-refractivity contribution in [3.8, 4) is 5.88 Å². The van der Waals surface area contributed by atoms with Gasteiger partial charge in [-0.05, 0) is 17.5 Å². The average molecular weight is 441 g/mol. The lowest BCUT2D eigenvalue weighted by molar-refractivity contribution is -0.157. The summed E-state index contributed by atoms with van der Waals surface area (Å²) in [6.07, 6.45) is 0. The van der Waals surface area contributed by atoms with Crippen LogP contribution >= 0.6 is 57.7 Å². The maximum atomic E-state index is 12.1. The third kappa shape index (κ3) is 3.80. The number of hydrazine groups is 1. The normalized spacial score (nSPS) is 19.5. The van der Waals surface area contributed by atoms with Crippen LogP contribution in [0.15, 0.2) is 23.6 Å². The first-order valence-corrected chi connectivity index (χ1v) is 9.28. The minimum atomic E-state index is -0.717. The summed E-state index contributed by atoms with van der Waals surface area (Å²) in [6.45, 7) is -0.418. The Morgan fingerprint density at radius 1 is 1.36 bits per heavy atom. The zero-order chi connectivity index (χ0) is 18.1. The zero-order valence-corrected chi connectivity index (χ0v) is 16.1. The highest BCUT2D eigenvalue weighted by molar-refractivity contribution is 7.10. The molecule has 25 heavy (non-hydrogen) atoms. The molecule has 1 saturated heterocycles. The van der Waals surface area contributed by atoms with Gasteiger partial charge in [0.2, 0.25) is 5.88 Å². The number of carbonyl (C=O) groups excluding carboxylic acids is 2. The molecule has 2 aromatic rings. The first-order chi connectivity index (χ1) is 11.9. The molecule has 0 saturated carbocycles. The molecule has 2 atom stereocenters. The highest BCUT2D eigenvalue weighted by Gasteiger charge is 2.48. The lowest BCUT2D eigenvalue weighted by Crippen LogP contribution is -2.63. The second-order valence-corrected chi connectivity index (χ2v) is 7.56. The van der Waals surface area contributed by atoms with Crippen molar-refractivity contribution in [2.75, 3.05) is 6.61 Å². The van der Waals surface area contributed by atoms with Crippen LogP contribution in [-0.2, 0) is 9.59 Å². The Morgan fingerprint density at radius 2 is 2.12 bits per heavy atom. The molecule has 3 heterocycles. The number of carbonyl (C=O) groups is 2. The number of pyridine rings is 1. The molecule has 3 rings (SSSR count). The Hall–Kier alpha value is -1.25. The van der Waals surface area contributed by atoms with Crippen molar-refractivity contribution in [3.63, 3.8) is 0 Å². The summed E-state index contributed by atoms with van der Waals surface area (Å²) in [5.74, 6) is -0.993. The van der Waals surface area contributed by atoms with Gasteiger partial charge in [0, 0.05) is 4.88 Å². The molecule has 1 fully saturated rings. The molecular formula is C14H9Cl4N3O3S. The first kappa shape index (κ1) is 18.5. The van der Waals surface area contributed by atoms with Crippen LogP contribution in [0.2, 0.25) is 15.2 Å². The van der Waals surface area contributed by atoms with Crippen molar-refractivity contribution in [3.05, 3.63) is 43.7 Å². The molecule has 0 spiro atoms. The summed E-state index contributed by atoms with van der Waals surface area (Å²) in [6, 6.07) is 4.62. The zero-order valence-electron chi connectivity index (χ0n) is 12.2. The smallest absolute Gasteiger partial charge is 0.276 e. The van der Waals surface area contributed by atoms with E-state index in [1.165, 1.54) is 22.4 Å². The molecular weight excluding hydrogens is 432 g/mol. The van der Waals surface area contributed by atoms with Crippen LogP contribution in [0.5, 0.6) is 5.88 Å². The lowest BCUT2D eigenvalue weighted by atomic mass is 10.0. The molecule has 0 aromatic carbocycles. The molecule has 11 heteroatoms. The van der Waals surface area contributed by atoms with Crippen LogP contribution in [0.3, 0.4) is 0 Å². The second-order valence-electron chi connectivity index (χ2n) is 4.94. The van der Waals surface area contributed by atoms with Gasteiger partial charge in [0.05, 0.1) is 5.02 Å². The monoisotopic (exact) mass is 439 g/mol. The summed E-state index contributed by atoms with van der Waals surface area (Å²) in [5.41, 5.74) is 2.46. The van der Waals surface area contributed by atoms with Crippen LogP contribution in [0.1, 0.15) is 10.9 Å². The van der Waals surface area contributed by atoms with Gasteiger partial charge in [-0.15, -0.1) is 22.9 Å². The number of amides is 2. The summed E-state index contributed by atoms with van der Waals surface area (Å²) in [4.78, 5) is 28.7. The topological polar surface area (TPSA) is 71.5 Å². The number of rotatable bonds is 5. The number of β-lactam (4-membered cyclic amide) rings is 1. The fraction of sp³-hybridized carbons (Fsp3) is 0.214. The molecule has 2 aromatic heterocycles. The number of ether oxygens (including phenoxy) is 1. The van der Waals surface area contributed by atoms with E-state index in [0.717, 1.165) is 4.88 Å². The molecule has 0 aliphatic carbocycles. The Balaban J connectivity index is 1.61. The molecule has 2 unspecified atom stereocenters. The van der Waals surface area contributed by atoms with E-state index < -0.39 is 23.9 Å². The van der Waals surface area contributed by atoms with Gasteiger partial charge in [0.15, 0.2) is 11.8 Å². The van der Waals surface area contributed by atoms with Crippen molar-refractivity contribution >= 4 is 69.6 Å². The van der Waals surface area contributed by atoms with Crippen LogP contribution in [0, 0.1) is 0 Å². The van der Waals surface area contributed by atoms with Crippen molar-refractivity contribution in [2.45, 2.75) is 11.4 Å². The number of halogens is 4. The number of nitrogens with zero attached hydrogens (tertiary/aromatic N) is 2. The molecule has 1 N–H and O–H groups in total. The molecule has 2 amide bonds. The summed E-state index contributed by atoms with van der Waals surface area (Å²) >= 11 is 25.0. The van der Waals surface area contributed by atoms with Gasteiger partial charge in [-0.25, -0.2) is 5.01 Å². The predicted octanol–water partition coefficient (Wildman–Crippen LogP) is 3.70. The molecule has 132 valence electrons. The van der Waals surface area contributed by atoms with Crippen molar-refractivity contribution in [1.29, 1.82) is 0 Å². The van der Waals surface area contributed by atoms with Crippen molar-refractivity contribution in [2.24, 2.45) is 0 Å². The van der Waals surface area contributed by atoms with Gasteiger partial charge < -0.3 is 4.74 Å². The van der Waals surface area contributed by atoms with E-state index in [1.54, 1.807) is 0 Å². The van der Waals surface area contributed by atoms with Crippen LogP contribution in [0.25, 0.3) is 0 Å². The van der Waals surface area contributed by atoms with Crippen molar-refractivity contribution in [1.82, 2.24) is 15.4 Å². The fourth-order valence-corrected chi connectivity index (χ4v) is 3.96. The first-order valence-electron chi connectivity index (χ1n) is 6.83. The average Bonchev–Trinajstić information content (AvgIpc) is 3.09. The minimum absolute atomic E-state index is 0.00198. The Kier molecular flexibility index (Phi) is 5.60. The van der Waals surface area contributed by atoms with E-state index in [4.69, 9.17) is 51.1 Å². The molecule has 0 radical (unpaired) electrons. The van der Waals surface area contributed by atoms with Gasteiger partial charge in [0.25, 0.3) is 11.8 Å². The summed E-state index contributed by atoms with van der Waals surface area (Å²) in [7, 11) is 0. The van der Waals surface area contributed by atoms with Crippen molar-refractivity contribution < 1.29 is 14.3 Å². The SMILES string of the molecule is O=C(COc1nc(Cl)c(Cl)cc1Cl)NN1C(=O)C(Cl)C1c1cccs1. The number of nitrogens with one attached hydrogen (secondary N) is 1. The standard InChI is InChI=1S/C14H9Cl4N3O3S/c15-6-4-7(16)13(19-12(6)18)24-5-9(22)20-21-11(10(17)14(21)23)8-2-1-3-25-8/h1-4,10-11H,5H2,(H,20,22). The number of alkyl halides is 1. The third-order valence-electron chi connectivity index (χ3n) is 3.30. The summed E-state index contributed by atoms with van der Waals surface area (Å²) < 4.78 is 5.23. The van der Waals surface area contributed by atoms with Crippen LogP contribution in [-0.4, -0.2) is 33.8 Å². The fourth-order valence-electron chi connectivity index (χ4n) is 2.14. The maximum Gasteiger partial charge on any atom is 0.276 e. The quantitative estimate of drug-likeness (QED) is 0.437. The molecule has 6 nitrogen and oxygen atoms in total. The van der Waals surface area contributed by atoms with Gasteiger partial charge in [-0.3, -0.25) is 15.0 Å². The Labute approximate surface area is 166 Å². The Morgan fingerprint density at radius 3 is 2.80 bits per heavy atom. The van der Waals surface area contributed by atoms with E-state index in [2.05, 4.69) is 10.4 Å². The van der Waals surface area contributed by atoms with Gasteiger partial charge in [0.1, 0.15) is 16.4 Å². The number of aromatic nitrogens is 1. The number of thiophene rings is 1. The van der Waals surface area contributed by atoms with E-state index in [-0.39, 0.29) is 27.0 Å². The van der Waals surface area contributed by atoms with Crippen LogP contribution < -0.4 is 10.2 Å². The molecule has 1 aliphatic heterocycles. The van der Waals surface area contributed by atoms with E-state index in [0.29, 0.717) is 0 Å². The van der Waals surface area contributed by atoms with Crippen LogP contribution in [0.4, 0.5) is 0 Å². The van der Waals surface area contributed by atoms with Gasteiger partial charge in [-0.1, -0.05) is 40.9 Å². The van der Waals surface area contributed by atoms with Gasteiger partial charge in [-0.2, -0.15) is 4.98 Å². The minimum Gasteiger partial charge on any atom is -0.466 e. The molecule has 0 bridgehead atoms. The highest BCUT2D eigenvalue weighted by atomic mass is 35.5. The van der Waals surface area contributed by atoms with Gasteiger partial charge >= 0.3 is 0 Å².